The van der Waals surface area contributed by atoms with Gasteiger partial charge in [0.1, 0.15) is 7.05 Å². The molecule has 24 heavy (non-hydrogen) atoms. The van der Waals surface area contributed by atoms with Gasteiger partial charge in [-0.25, -0.2) is 0 Å². The van der Waals surface area contributed by atoms with Crippen LogP contribution in [0.2, 0.25) is 0 Å². The minimum Gasteiger partial charge on any atom is -0.543 e. The number of carboxylic acids is 1. The van der Waals surface area contributed by atoms with E-state index >= 15 is 0 Å². The van der Waals surface area contributed by atoms with Crippen LogP contribution in [0.25, 0.3) is 0 Å². The number of carbonyl (C=O) groups excluding carboxylic acids is 2. The normalized spacial score (nSPS) is 27.1. The number of fused-ring (bicyclic) bond motifs is 1. The van der Waals surface area contributed by atoms with Crippen LogP contribution in [-0.2, 0) is 16.6 Å². The van der Waals surface area contributed by atoms with Crippen LogP contribution in [0.1, 0.15) is 13.8 Å². The van der Waals surface area contributed by atoms with Gasteiger partial charge in [-0.05, 0) is 18.6 Å². The van der Waals surface area contributed by atoms with Crippen LogP contribution in [-0.4, -0.2) is 39.8 Å². The molecule has 3 rings (SSSR count). The summed E-state index contributed by atoms with van der Waals surface area (Å²) in [6.07, 6.45) is 1.14. The second-order valence-corrected chi connectivity index (χ2v) is 7.35. The lowest BCUT2D eigenvalue weighted by molar-refractivity contribution is -0.708. The monoisotopic (exact) mass is 348 g/mol. The third-order valence-electron chi connectivity index (χ3n) is 4.89. The van der Waals surface area contributed by atoms with Gasteiger partial charge in [0.25, 0.3) is 0 Å². The second kappa shape index (κ2) is 6.22. The zero-order valence-corrected chi connectivity index (χ0v) is 14.6. The first-order valence-corrected chi connectivity index (χ1v) is 8.86. The molecule has 0 saturated carbocycles. The highest BCUT2D eigenvalue weighted by atomic mass is 32.2. The third-order valence-corrected chi connectivity index (χ3v) is 6.07. The van der Waals surface area contributed by atoms with E-state index in [1.54, 1.807) is 6.92 Å². The van der Waals surface area contributed by atoms with E-state index in [-0.39, 0.29) is 23.6 Å². The number of pyridine rings is 1. The number of rotatable bonds is 5. The van der Waals surface area contributed by atoms with Crippen LogP contribution in [0.3, 0.4) is 0 Å². The average Bonchev–Trinajstić information content (AvgIpc) is 2.75. The molecule has 128 valence electrons. The van der Waals surface area contributed by atoms with E-state index in [4.69, 9.17) is 0 Å². The maximum absolute atomic E-state index is 12.2. The summed E-state index contributed by atoms with van der Waals surface area (Å²) in [7, 11) is 1.93. The highest BCUT2D eigenvalue weighted by molar-refractivity contribution is 7.99. The van der Waals surface area contributed by atoms with E-state index in [0.29, 0.717) is 11.3 Å². The summed E-state index contributed by atoms with van der Waals surface area (Å²) in [5.41, 5.74) is 0.686. The van der Waals surface area contributed by atoms with Crippen LogP contribution in [0.4, 0.5) is 0 Å². The van der Waals surface area contributed by atoms with E-state index in [1.165, 1.54) is 16.7 Å². The molecule has 1 saturated heterocycles. The predicted octanol–water partition coefficient (Wildman–Crippen LogP) is -0.535. The number of nitrogens with zero attached hydrogens (tertiary/aromatic N) is 2. The number of hydrogen-bond acceptors (Lipinski definition) is 5. The van der Waals surface area contributed by atoms with Gasteiger partial charge in [-0.3, -0.25) is 4.79 Å². The van der Waals surface area contributed by atoms with Gasteiger partial charge in [0.05, 0.1) is 29.7 Å². The van der Waals surface area contributed by atoms with E-state index in [9.17, 15) is 19.8 Å². The van der Waals surface area contributed by atoms with Crippen molar-refractivity contribution in [1.29, 1.82) is 0 Å². The van der Waals surface area contributed by atoms with Gasteiger partial charge >= 0.3 is 0 Å². The SMILES string of the molecule is C[C@@H](O)[C@H]1C(=O)N2C(C(=O)[O-])=C(CSc3cccc[n+]3C)[C@H](C)[C@H]12. The van der Waals surface area contributed by atoms with Crippen LogP contribution < -0.4 is 9.67 Å². The Bertz CT molecular complexity index is 731. The Balaban J connectivity index is 1.87. The number of thioether (sulfide) groups is 1. The van der Waals surface area contributed by atoms with Crippen molar-refractivity contribution in [3.05, 3.63) is 35.7 Å². The summed E-state index contributed by atoms with van der Waals surface area (Å²) >= 11 is 1.53. The lowest BCUT2D eigenvalue weighted by Gasteiger charge is -2.47. The van der Waals surface area contributed by atoms with Gasteiger partial charge in [-0.2, -0.15) is 4.57 Å². The van der Waals surface area contributed by atoms with Crippen LogP contribution >= 0.6 is 11.8 Å². The molecule has 1 N–H and O–H groups in total. The number of aliphatic hydroxyl groups excluding tert-OH is 1. The predicted molar refractivity (Wildman–Crippen MR) is 85.3 cm³/mol. The lowest BCUT2D eigenvalue weighted by Crippen LogP contribution is -2.64. The van der Waals surface area contributed by atoms with Gasteiger partial charge in [-0.15, -0.1) is 0 Å². The summed E-state index contributed by atoms with van der Waals surface area (Å²) in [5.74, 6) is -1.84. The number of β-lactam (4-membered cyclic amide) rings is 1. The third kappa shape index (κ3) is 2.52. The number of aryl methyl sites for hydroxylation is 1. The minimum absolute atomic E-state index is 0.0134. The molecule has 4 atom stereocenters. The van der Waals surface area contributed by atoms with Crippen molar-refractivity contribution >= 4 is 23.6 Å². The number of carbonyl (C=O) groups is 2. The Kier molecular flexibility index (Phi) is 4.40. The van der Waals surface area contributed by atoms with Crippen molar-refractivity contribution in [2.45, 2.75) is 31.0 Å². The number of aromatic nitrogens is 1. The molecule has 0 radical (unpaired) electrons. The van der Waals surface area contributed by atoms with Gasteiger partial charge in [0.2, 0.25) is 10.9 Å². The van der Waals surface area contributed by atoms with Crippen molar-refractivity contribution in [3.63, 3.8) is 0 Å². The summed E-state index contributed by atoms with van der Waals surface area (Å²) in [4.78, 5) is 25.2. The first kappa shape index (κ1) is 17.0. The maximum atomic E-state index is 12.2. The average molecular weight is 348 g/mol. The van der Waals surface area contributed by atoms with Gasteiger partial charge in [0.15, 0.2) is 6.20 Å². The summed E-state index contributed by atoms with van der Waals surface area (Å²) in [6, 6.07) is 5.52. The molecule has 7 heteroatoms. The van der Waals surface area contributed by atoms with Crippen molar-refractivity contribution in [1.82, 2.24) is 4.90 Å². The van der Waals surface area contributed by atoms with Crippen molar-refractivity contribution in [3.8, 4) is 0 Å². The number of carboxylic acid groups (broad SMARTS) is 1. The zero-order chi connectivity index (χ0) is 17.6. The number of aliphatic carboxylic acids is 1. The fourth-order valence-electron chi connectivity index (χ4n) is 3.63. The topological polar surface area (TPSA) is 84.5 Å². The standard InChI is InChI=1S/C17H20N2O4S/c1-9-11(8-24-12-6-4-5-7-18(12)3)15(17(22)23)19-14(9)13(10(2)20)16(19)21/h4-7,9-10,13-14,20H,8H2,1-3H3/t9-,10+,13+,14+/m0/s1. The highest BCUT2D eigenvalue weighted by Crippen LogP contribution is 2.47. The molecular weight excluding hydrogens is 328 g/mol. The molecule has 1 amide bonds. The first-order valence-electron chi connectivity index (χ1n) is 7.87. The van der Waals surface area contributed by atoms with E-state index in [0.717, 1.165) is 5.03 Å². The number of amides is 1. The summed E-state index contributed by atoms with van der Waals surface area (Å²) < 4.78 is 1.96. The van der Waals surface area contributed by atoms with Gasteiger partial charge in [0, 0.05) is 23.8 Å². The molecule has 0 aliphatic carbocycles. The number of aliphatic hydroxyl groups is 1. The molecule has 0 unspecified atom stereocenters. The second-order valence-electron chi connectivity index (χ2n) is 6.35. The van der Waals surface area contributed by atoms with E-state index < -0.39 is 18.0 Å². The fraction of sp³-hybridized carbons (Fsp3) is 0.471. The fourth-order valence-corrected chi connectivity index (χ4v) is 4.77. The molecule has 2 aliphatic rings. The molecule has 6 nitrogen and oxygen atoms in total. The van der Waals surface area contributed by atoms with Gasteiger partial charge in [-0.1, -0.05) is 18.7 Å². The molecule has 3 heterocycles. The minimum atomic E-state index is -1.32. The van der Waals surface area contributed by atoms with Crippen molar-refractivity contribution in [2.24, 2.45) is 18.9 Å². The molecule has 1 fully saturated rings. The van der Waals surface area contributed by atoms with Crippen molar-refractivity contribution < 1.29 is 24.4 Å². The Hall–Kier alpha value is -1.86. The lowest BCUT2D eigenvalue weighted by atomic mass is 9.78. The van der Waals surface area contributed by atoms with E-state index in [1.807, 2.05) is 42.9 Å². The molecule has 0 bridgehead atoms. The van der Waals surface area contributed by atoms with E-state index in [2.05, 4.69) is 0 Å². The van der Waals surface area contributed by atoms with Crippen LogP contribution in [0, 0.1) is 11.8 Å². The number of hydrogen-bond donors (Lipinski definition) is 1. The Morgan fingerprint density at radius 1 is 1.50 bits per heavy atom. The quantitative estimate of drug-likeness (QED) is 0.439. The Morgan fingerprint density at radius 3 is 2.79 bits per heavy atom. The molecule has 0 spiro atoms. The maximum Gasteiger partial charge on any atom is 0.240 e. The zero-order valence-electron chi connectivity index (χ0n) is 13.8. The van der Waals surface area contributed by atoms with Crippen LogP contribution in [0.15, 0.2) is 40.7 Å². The highest BCUT2D eigenvalue weighted by Gasteiger charge is 2.58. The molecule has 1 aromatic heterocycles. The smallest absolute Gasteiger partial charge is 0.240 e. The molecule has 0 aromatic carbocycles. The Labute approximate surface area is 144 Å². The molecular formula is C17H20N2O4S. The van der Waals surface area contributed by atoms with Crippen molar-refractivity contribution in [2.75, 3.05) is 5.75 Å². The van der Waals surface area contributed by atoms with Gasteiger partial charge < -0.3 is 19.9 Å². The molecule has 1 aromatic rings. The first-order chi connectivity index (χ1) is 11.3. The molecule has 2 aliphatic heterocycles. The van der Waals surface area contributed by atoms with Crippen LogP contribution in [0.5, 0.6) is 0 Å². The summed E-state index contributed by atoms with van der Waals surface area (Å²) in [5, 5.41) is 22.4. The summed E-state index contributed by atoms with van der Waals surface area (Å²) in [6.45, 7) is 3.48. The Morgan fingerprint density at radius 2 is 2.21 bits per heavy atom. The largest absolute Gasteiger partial charge is 0.543 e.